The number of benzene rings is 1. The molecule has 0 saturated carbocycles. The third-order valence-corrected chi connectivity index (χ3v) is 5.63. The van der Waals surface area contributed by atoms with Crippen LogP contribution in [0.25, 0.3) is 10.9 Å². The van der Waals surface area contributed by atoms with Gasteiger partial charge in [-0.3, -0.25) is 0 Å². The minimum absolute atomic E-state index is 0.238. The lowest BCUT2D eigenvalue weighted by molar-refractivity contribution is 0.0840. The van der Waals surface area contributed by atoms with E-state index in [2.05, 4.69) is 40.8 Å². The van der Waals surface area contributed by atoms with Crippen molar-refractivity contribution in [2.75, 3.05) is 26.2 Å². The maximum Gasteiger partial charge on any atom is 0.0482 e. The van der Waals surface area contributed by atoms with Crippen LogP contribution in [0.15, 0.2) is 24.3 Å². The Labute approximate surface area is 126 Å². The molecule has 5 rings (SSSR count). The molecule has 3 saturated heterocycles. The van der Waals surface area contributed by atoms with Gasteiger partial charge in [-0.15, -0.1) is 0 Å². The van der Waals surface area contributed by atoms with Crippen LogP contribution in [0.1, 0.15) is 30.0 Å². The number of piperidine rings is 3. The Kier molecular flexibility index (Phi) is 3.27. The fourth-order valence-electron chi connectivity index (χ4n) is 4.61. The van der Waals surface area contributed by atoms with Gasteiger partial charge in [-0.05, 0) is 49.9 Å². The molecule has 3 aliphatic heterocycles. The molecule has 112 valence electrons. The van der Waals surface area contributed by atoms with Gasteiger partial charge in [0.05, 0.1) is 0 Å². The second-order valence-electron chi connectivity index (χ2n) is 6.66. The van der Waals surface area contributed by atoms with Crippen LogP contribution in [0.4, 0.5) is 0 Å². The van der Waals surface area contributed by atoms with E-state index in [4.69, 9.17) is 0 Å². The fraction of sp³-hybridized carbons (Fsp3) is 0.556. The summed E-state index contributed by atoms with van der Waals surface area (Å²) < 4.78 is 2.40. The van der Waals surface area contributed by atoms with Gasteiger partial charge in [0.25, 0.3) is 0 Å². The number of hydrogen-bond acceptors (Lipinski definition) is 2. The van der Waals surface area contributed by atoms with Gasteiger partial charge in [-0.25, -0.2) is 0 Å². The summed E-state index contributed by atoms with van der Waals surface area (Å²) in [7, 11) is 2.20. The van der Waals surface area contributed by atoms with E-state index >= 15 is 0 Å². The molecule has 1 unspecified atom stereocenters. The smallest absolute Gasteiger partial charge is 0.0482 e. The highest BCUT2D eigenvalue weighted by Gasteiger charge is 2.37. The molecule has 1 atom stereocenters. The Morgan fingerprint density at radius 1 is 1.19 bits per heavy atom. The fourth-order valence-corrected chi connectivity index (χ4v) is 4.61. The number of aliphatic hydroxyl groups is 1. The first-order chi connectivity index (χ1) is 10.3. The van der Waals surface area contributed by atoms with Crippen molar-refractivity contribution < 1.29 is 5.11 Å². The second kappa shape index (κ2) is 5.15. The highest BCUT2D eigenvalue weighted by molar-refractivity contribution is 5.85. The predicted molar refractivity (Wildman–Crippen MR) is 85.6 cm³/mol. The quantitative estimate of drug-likeness (QED) is 0.938. The molecule has 2 bridgehead atoms. The highest BCUT2D eigenvalue weighted by atomic mass is 16.2. The molecule has 1 aromatic heterocycles. The Morgan fingerprint density at radius 2 is 1.95 bits per heavy atom. The maximum absolute atomic E-state index is 9.52. The lowest BCUT2D eigenvalue weighted by Gasteiger charge is -2.45. The Hall–Kier alpha value is -1.32. The SMILES string of the molecule is Cn1c(C2CN3CCC2CC3)c(CCO)c2ccccc21. The van der Waals surface area contributed by atoms with Crippen molar-refractivity contribution in [1.29, 1.82) is 0 Å². The van der Waals surface area contributed by atoms with Crippen LogP contribution in [0.3, 0.4) is 0 Å². The summed E-state index contributed by atoms with van der Waals surface area (Å²) in [4.78, 5) is 2.62. The minimum Gasteiger partial charge on any atom is -0.396 e. The molecule has 3 heteroatoms. The summed E-state index contributed by atoms with van der Waals surface area (Å²) in [5, 5.41) is 10.9. The van der Waals surface area contributed by atoms with Crippen LogP contribution in [0.2, 0.25) is 0 Å². The second-order valence-corrected chi connectivity index (χ2v) is 6.66. The van der Waals surface area contributed by atoms with Crippen LogP contribution in [0.5, 0.6) is 0 Å². The lowest BCUT2D eigenvalue weighted by atomic mass is 9.76. The summed E-state index contributed by atoms with van der Waals surface area (Å²) in [6, 6.07) is 8.65. The number of aliphatic hydroxyl groups excluding tert-OH is 1. The van der Waals surface area contributed by atoms with Gasteiger partial charge < -0.3 is 14.6 Å². The van der Waals surface area contributed by atoms with E-state index in [9.17, 15) is 5.11 Å². The highest BCUT2D eigenvalue weighted by Crippen LogP contribution is 2.42. The number of rotatable bonds is 3. The predicted octanol–water partition coefficient (Wildman–Crippen LogP) is 2.52. The van der Waals surface area contributed by atoms with Crippen molar-refractivity contribution in [3.8, 4) is 0 Å². The number of para-hydroxylation sites is 1. The first-order valence-corrected chi connectivity index (χ1v) is 8.19. The molecule has 3 aliphatic rings. The van der Waals surface area contributed by atoms with E-state index < -0.39 is 0 Å². The van der Waals surface area contributed by atoms with Crippen molar-refractivity contribution in [2.24, 2.45) is 13.0 Å². The first kappa shape index (κ1) is 13.4. The number of nitrogens with zero attached hydrogens (tertiary/aromatic N) is 2. The minimum atomic E-state index is 0.238. The van der Waals surface area contributed by atoms with Crippen molar-refractivity contribution in [1.82, 2.24) is 9.47 Å². The largest absolute Gasteiger partial charge is 0.396 e. The van der Waals surface area contributed by atoms with E-state index in [1.807, 2.05) is 0 Å². The molecule has 1 N–H and O–H groups in total. The van der Waals surface area contributed by atoms with E-state index in [1.165, 1.54) is 54.6 Å². The topological polar surface area (TPSA) is 28.4 Å². The zero-order valence-corrected chi connectivity index (χ0v) is 12.8. The van der Waals surface area contributed by atoms with Crippen LogP contribution >= 0.6 is 0 Å². The molecule has 0 amide bonds. The third kappa shape index (κ3) is 2.02. The Balaban J connectivity index is 1.87. The lowest BCUT2D eigenvalue weighted by Crippen LogP contribution is -2.46. The summed E-state index contributed by atoms with van der Waals surface area (Å²) in [5.74, 6) is 1.47. The number of hydrogen-bond donors (Lipinski definition) is 1. The van der Waals surface area contributed by atoms with Crippen molar-refractivity contribution in [3.63, 3.8) is 0 Å². The van der Waals surface area contributed by atoms with Gasteiger partial charge in [0.15, 0.2) is 0 Å². The number of fused-ring (bicyclic) bond motifs is 4. The molecule has 0 radical (unpaired) electrons. The molecule has 1 aromatic carbocycles. The third-order valence-electron chi connectivity index (χ3n) is 5.63. The normalized spacial score (nSPS) is 28.4. The van der Waals surface area contributed by atoms with Crippen LogP contribution in [0, 0.1) is 5.92 Å². The van der Waals surface area contributed by atoms with Gasteiger partial charge in [0, 0.05) is 42.7 Å². The van der Waals surface area contributed by atoms with Gasteiger partial charge in [0.1, 0.15) is 0 Å². The van der Waals surface area contributed by atoms with Crippen molar-refractivity contribution >= 4 is 10.9 Å². The average molecular weight is 284 g/mol. The monoisotopic (exact) mass is 284 g/mol. The summed E-state index contributed by atoms with van der Waals surface area (Å²) >= 11 is 0. The molecule has 2 aromatic rings. The average Bonchev–Trinajstić information content (AvgIpc) is 2.82. The molecule has 21 heavy (non-hydrogen) atoms. The van der Waals surface area contributed by atoms with Gasteiger partial charge in [-0.1, -0.05) is 18.2 Å². The summed E-state index contributed by atoms with van der Waals surface area (Å²) in [5.41, 5.74) is 4.18. The molecule has 4 heterocycles. The molecule has 3 fully saturated rings. The molecular weight excluding hydrogens is 260 g/mol. The standard InChI is InChI=1S/C18H24N2O/c1-19-17-5-3-2-4-14(17)15(8-11-21)18(19)16-12-20-9-6-13(16)7-10-20/h2-5,13,16,21H,6-12H2,1H3. The zero-order valence-electron chi connectivity index (χ0n) is 12.8. The summed E-state index contributed by atoms with van der Waals surface area (Å²) in [6.45, 7) is 4.00. The number of aryl methyl sites for hydroxylation is 1. The molecular formula is C18H24N2O. The van der Waals surface area contributed by atoms with Gasteiger partial charge >= 0.3 is 0 Å². The Bertz CT molecular complexity index is 653. The van der Waals surface area contributed by atoms with Gasteiger partial charge in [0.2, 0.25) is 0 Å². The maximum atomic E-state index is 9.52. The zero-order chi connectivity index (χ0) is 14.4. The van der Waals surface area contributed by atoms with Gasteiger partial charge in [-0.2, -0.15) is 0 Å². The van der Waals surface area contributed by atoms with E-state index in [0.29, 0.717) is 5.92 Å². The van der Waals surface area contributed by atoms with Crippen molar-refractivity contribution in [3.05, 3.63) is 35.5 Å². The molecule has 0 aliphatic carbocycles. The van der Waals surface area contributed by atoms with Crippen LogP contribution in [-0.4, -0.2) is 40.8 Å². The number of aromatic nitrogens is 1. The summed E-state index contributed by atoms with van der Waals surface area (Å²) in [6.07, 6.45) is 3.45. The van der Waals surface area contributed by atoms with Crippen molar-refractivity contribution in [2.45, 2.75) is 25.2 Å². The Morgan fingerprint density at radius 3 is 2.62 bits per heavy atom. The van der Waals surface area contributed by atoms with E-state index in [-0.39, 0.29) is 6.61 Å². The van der Waals surface area contributed by atoms with E-state index in [0.717, 1.165) is 12.3 Å². The molecule has 3 nitrogen and oxygen atoms in total. The van der Waals surface area contributed by atoms with Crippen LogP contribution < -0.4 is 0 Å². The first-order valence-electron chi connectivity index (χ1n) is 8.19. The van der Waals surface area contributed by atoms with E-state index in [1.54, 1.807) is 0 Å². The molecule has 0 spiro atoms. The van der Waals surface area contributed by atoms with Crippen LogP contribution in [-0.2, 0) is 13.5 Å².